The molecule has 0 saturated heterocycles. The molecule has 0 aliphatic heterocycles. The number of carbonyl (C=O) groups excluding carboxylic acids is 1. The van der Waals surface area contributed by atoms with Gasteiger partial charge < -0.3 is 4.74 Å². The van der Waals surface area contributed by atoms with Gasteiger partial charge in [0.05, 0.1) is 5.92 Å². The van der Waals surface area contributed by atoms with Gasteiger partial charge in [-0.2, -0.15) is 9.61 Å². The number of nitrogens with zero attached hydrogens (tertiary/aromatic N) is 3. The standard InChI is InChI=1S/C14H15N3O3S/c1-9-7-12(18)17-14(15-9)21-11(16-17)8-20-13(19)10-5-3-2-4-6-10/h2-3,7,10H,4-6,8H2,1H3/t10-/m0/s1. The lowest BCUT2D eigenvalue weighted by atomic mass is 9.95. The minimum Gasteiger partial charge on any atom is -0.458 e. The second-order valence-electron chi connectivity index (χ2n) is 5.02. The molecule has 21 heavy (non-hydrogen) atoms. The number of hydrogen-bond donors (Lipinski definition) is 0. The van der Waals surface area contributed by atoms with Gasteiger partial charge in [-0.15, -0.1) is 0 Å². The number of hydrogen-bond acceptors (Lipinski definition) is 6. The lowest BCUT2D eigenvalue weighted by Crippen LogP contribution is -2.19. The largest absolute Gasteiger partial charge is 0.458 e. The summed E-state index contributed by atoms with van der Waals surface area (Å²) in [5.74, 6) is -0.262. The van der Waals surface area contributed by atoms with Crippen molar-refractivity contribution in [3.8, 4) is 0 Å². The van der Waals surface area contributed by atoms with Gasteiger partial charge in [0.2, 0.25) is 4.96 Å². The lowest BCUT2D eigenvalue weighted by molar-refractivity contribution is -0.150. The molecule has 1 aliphatic rings. The molecule has 1 atom stereocenters. The van der Waals surface area contributed by atoms with Crippen molar-refractivity contribution in [1.29, 1.82) is 0 Å². The summed E-state index contributed by atoms with van der Waals surface area (Å²) in [6, 6.07) is 1.43. The van der Waals surface area contributed by atoms with Crippen LogP contribution in [0.5, 0.6) is 0 Å². The highest BCUT2D eigenvalue weighted by Gasteiger charge is 2.20. The third-order valence-electron chi connectivity index (χ3n) is 3.36. The van der Waals surface area contributed by atoms with Crippen LogP contribution < -0.4 is 5.56 Å². The summed E-state index contributed by atoms with van der Waals surface area (Å²) in [7, 11) is 0. The van der Waals surface area contributed by atoms with Gasteiger partial charge in [-0.1, -0.05) is 23.5 Å². The summed E-state index contributed by atoms with van der Waals surface area (Å²) >= 11 is 1.26. The fourth-order valence-corrected chi connectivity index (χ4v) is 3.13. The van der Waals surface area contributed by atoms with Crippen LogP contribution in [0.25, 0.3) is 4.96 Å². The monoisotopic (exact) mass is 305 g/mol. The molecular weight excluding hydrogens is 290 g/mol. The topological polar surface area (TPSA) is 73.6 Å². The SMILES string of the molecule is Cc1cc(=O)n2nc(COC(=O)[C@H]3CC=CCC3)sc2n1. The second kappa shape index (κ2) is 5.77. The molecule has 0 bridgehead atoms. The Bertz CT molecular complexity index is 762. The molecule has 110 valence electrons. The zero-order chi connectivity index (χ0) is 14.8. The van der Waals surface area contributed by atoms with Crippen molar-refractivity contribution in [3.63, 3.8) is 0 Å². The molecule has 0 amide bonds. The Morgan fingerprint density at radius 1 is 1.52 bits per heavy atom. The van der Waals surface area contributed by atoms with Crippen LogP contribution >= 0.6 is 11.3 Å². The van der Waals surface area contributed by atoms with Crippen LogP contribution in [0.1, 0.15) is 30.0 Å². The first kappa shape index (κ1) is 13.9. The highest BCUT2D eigenvalue weighted by Crippen LogP contribution is 2.20. The first-order valence-corrected chi connectivity index (χ1v) is 7.63. The molecule has 2 aromatic rings. The van der Waals surface area contributed by atoms with Gasteiger partial charge in [0, 0.05) is 11.8 Å². The summed E-state index contributed by atoms with van der Waals surface area (Å²) in [4.78, 5) is 28.5. The van der Waals surface area contributed by atoms with Gasteiger partial charge in [-0.25, -0.2) is 4.98 Å². The molecule has 1 aliphatic carbocycles. The first-order valence-electron chi connectivity index (χ1n) is 6.81. The Labute approximate surface area is 125 Å². The number of allylic oxidation sites excluding steroid dienone is 2. The Morgan fingerprint density at radius 3 is 3.14 bits per heavy atom. The summed E-state index contributed by atoms with van der Waals surface area (Å²) in [5.41, 5.74) is 0.435. The van der Waals surface area contributed by atoms with Crippen LogP contribution in [0.2, 0.25) is 0 Å². The van der Waals surface area contributed by atoms with E-state index < -0.39 is 0 Å². The molecule has 2 aromatic heterocycles. The molecule has 7 heteroatoms. The zero-order valence-electron chi connectivity index (χ0n) is 11.6. The van der Waals surface area contributed by atoms with Crippen molar-refractivity contribution in [3.05, 3.63) is 39.3 Å². The van der Waals surface area contributed by atoms with E-state index in [-0.39, 0.29) is 24.1 Å². The van der Waals surface area contributed by atoms with Gasteiger partial charge in [0.15, 0.2) is 5.01 Å². The number of rotatable bonds is 3. The van der Waals surface area contributed by atoms with Crippen molar-refractivity contribution in [2.45, 2.75) is 32.8 Å². The van der Waals surface area contributed by atoms with E-state index in [1.807, 2.05) is 6.08 Å². The summed E-state index contributed by atoms with van der Waals surface area (Å²) in [5, 5.41) is 4.71. The molecule has 0 saturated carbocycles. The quantitative estimate of drug-likeness (QED) is 0.639. The third kappa shape index (κ3) is 3.02. The molecule has 3 rings (SSSR count). The van der Waals surface area contributed by atoms with E-state index in [4.69, 9.17) is 4.74 Å². The maximum atomic E-state index is 11.9. The molecule has 0 N–H and O–H groups in total. The maximum Gasteiger partial charge on any atom is 0.309 e. The molecule has 0 aromatic carbocycles. The van der Waals surface area contributed by atoms with Crippen LogP contribution in [0.15, 0.2) is 23.0 Å². The lowest BCUT2D eigenvalue weighted by Gasteiger charge is -2.15. The summed E-state index contributed by atoms with van der Waals surface area (Å²) in [6.45, 7) is 1.85. The highest BCUT2D eigenvalue weighted by atomic mass is 32.1. The molecule has 0 unspecified atom stereocenters. The molecule has 0 radical (unpaired) electrons. The van der Waals surface area contributed by atoms with Crippen molar-refractivity contribution >= 4 is 22.3 Å². The van der Waals surface area contributed by atoms with E-state index in [1.54, 1.807) is 6.92 Å². The third-order valence-corrected chi connectivity index (χ3v) is 4.24. The van der Waals surface area contributed by atoms with Crippen molar-refractivity contribution in [1.82, 2.24) is 14.6 Å². The molecule has 0 fully saturated rings. The van der Waals surface area contributed by atoms with E-state index in [2.05, 4.69) is 16.2 Å². The van der Waals surface area contributed by atoms with Gasteiger partial charge in [0.1, 0.15) is 6.61 Å². The van der Waals surface area contributed by atoms with Gasteiger partial charge in [-0.3, -0.25) is 9.59 Å². The Hall–Kier alpha value is -2.02. The molecular formula is C14H15N3O3S. The van der Waals surface area contributed by atoms with E-state index in [0.717, 1.165) is 19.3 Å². The Kier molecular flexibility index (Phi) is 3.83. The van der Waals surface area contributed by atoms with Crippen LogP contribution in [0.3, 0.4) is 0 Å². The summed E-state index contributed by atoms with van der Waals surface area (Å²) < 4.78 is 6.54. The number of aromatic nitrogens is 3. The average molecular weight is 305 g/mol. The number of fused-ring (bicyclic) bond motifs is 1. The average Bonchev–Trinajstić information content (AvgIpc) is 2.89. The Morgan fingerprint density at radius 2 is 2.38 bits per heavy atom. The van der Waals surface area contributed by atoms with Crippen LogP contribution in [-0.2, 0) is 16.1 Å². The summed E-state index contributed by atoms with van der Waals surface area (Å²) in [6.07, 6.45) is 6.57. The van der Waals surface area contributed by atoms with E-state index >= 15 is 0 Å². The first-order chi connectivity index (χ1) is 10.1. The predicted molar refractivity (Wildman–Crippen MR) is 78.1 cm³/mol. The Balaban J connectivity index is 1.70. The minimum atomic E-state index is -0.219. The van der Waals surface area contributed by atoms with Crippen LogP contribution in [0.4, 0.5) is 0 Å². The van der Waals surface area contributed by atoms with E-state index in [9.17, 15) is 9.59 Å². The van der Waals surface area contributed by atoms with Crippen molar-refractivity contribution < 1.29 is 9.53 Å². The number of ether oxygens (including phenoxy) is 1. The second-order valence-corrected chi connectivity index (χ2v) is 6.06. The number of aryl methyl sites for hydroxylation is 1. The highest BCUT2D eigenvalue weighted by molar-refractivity contribution is 7.16. The van der Waals surface area contributed by atoms with Crippen molar-refractivity contribution in [2.75, 3.05) is 0 Å². The number of esters is 1. The van der Waals surface area contributed by atoms with Gasteiger partial charge in [0.25, 0.3) is 5.56 Å². The minimum absolute atomic E-state index is 0.0625. The van der Waals surface area contributed by atoms with Crippen LogP contribution in [-0.4, -0.2) is 20.6 Å². The zero-order valence-corrected chi connectivity index (χ0v) is 12.4. The fraction of sp³-hybridized carbons (Fsp3) is 0.429. The van der Waals surface area contributed by atoms with E-state index in [1.165, 1.54) is 21.9 Å². The fourth-order valence-electron chi connectivity index (χ4n) is 2.28. The molecule has 2 heterocycles. The normalized spacial score (nSPS) is 18.0. The number of carbonyl (C=O) groups is 1. The van der Waals surface area contributed by atoms with Gasteiger partial charge in [-0.05, 0) is 26.2 Å². The predicted octanol–water partition coefficient (Wildman–Crippen LogP) is 1.86. The smallest absolute Gasteiger partial charge is 0.309 e. The molecule has 6 nitrogen and oxygen atoms in total. The maximum absolute atomic E-state index is 11.9. The van der Waals surface area contributed by atoms with Gasteiger partial charge >= 0.3 is 5.97 Å². The molecule has 0 spiro atoms. The van der Waals surface area contributed by atoms with E-state index in [0.29, 0.717) is 15.7 Å². The van der Waals surface area contributed by atoms with Crippen LogP contribution in [0, 0.1) is 12.8 Å². The van der Waals surface area contributed by atoms with Crippen molar-refractivity contribution in [2.24, 2.45) is 5.92 Å².